The number of ether oxygens (including phenoxy) is 1. The summed E-state index contributed by atoms with van der Waals surface area (Å²) in [5.41, 5.74) is 10.5. The molecule has 106 valence electrons. The Labute approximate surface area is 122 Å². The molecule has 0 unspecified atom stereocenters. The van der Waals surface area contributed by atoms with Crippen LogP contribution >= 0.6 is 11.3 Å². The zero-order chi connectivity index (χ0) is 14.4. The number of nitrogen functional groups attached to an aromatic ring is 1. The van der Waals surface area contributed by atoms with Crippen LogP contribution < -0.4 is 15.9 Å². The summed E-state index contributed by atoms with van der Waals surface area (Å²) in [5, 5.41) is 6.58. The average molecular weight is 290 g/mol. The van der Waals surface area contributed by atoms with Gasteiger partial charge >= 0.3 is 0 Å². The standard InChI is InChI=1S/C14H18N4OS/c1-3-6-19-12-7-11(5-4-10(12)2)8-16-18-14-17-13(15)9-20-14/h4-5,7-9H,3,6,15H2,1-2H3,(H,17,18). The zero-order valence-electron chi connectivity index (χ0n) is 11.6. The first-order valence-corrected chi connectivity index (χ1v) is 7.30. The topological polar surface area (TPSA) is 72.5 Å². The van der Waals surface area contributed by atoms with E-state index in [4.69, 9.17) is 10.5 Å². The molecule has 0 saturated heterocycles. The Morgan fingerprint density at radius 2 is 2.35 bits per heavy atom. The van der Waals surface area contributed by atoms with Crippen molar-refractivity contribution in [2.75, 3.05) is 17.8 Å². The van der Waals surface area contributed by atoms with E-state index in [2.05, 4.69) is 22.4 Å². The molecule has 1 aromatic carbocycles. The molecule has 0 radical (unpaired) electrons. The highest BCUT2D eigenvalue weighted by atomic mass is 32.1. The third-order valence-corrected chi connectivity index (χ3v) is 3.33. The van der Waals surface area contributed by atoms with Gasteiger partial charge in [0.05, 0.1) is 12.8 Å². The Morgan fingerprint density at radius 3 is 3.05 bits per heavy atom. The lowest BCUT2D eigenvalue weighted by molar-refractivity contribution is 0.315. The van der Waals surface area contributed by atoms with Gasteiger partial charge in [-0.1, -0.05) is 19.1 Å². The van der Waals surface area contributed by atoms with Crippen molar-refractivity contribution in [2.45, 2.75) is 20.3 Å². The summed E-state index contributed by atoms with van der Waals surface area (Å²) in [6.07, 6.45) is 2.72. The van der Waals surface area contributed by atoms with E-state index in [0.717, 1.165) is 29.9 Å². The highest BCUT2D eigenvalue weighted by Crippen LogP contribution is 2.19. The van der Waals surface area contributed by atoms with Crippen molar-refractivity contribution in [3.8, 4) is 5.75 Å². The molecule has 6 heteroatoms. The maximum Gasteiger partial charge on any atom is 0.205 e. The van der Waals surface area contributed by atoms with E-state index < -0.39 is 0 Å². The molecular weight excluding hydrogens is 272 g/mol. The molecule has 0 aliphatic rings. The van der Waals surface area contributed by atoms with E-state index in [0.29, 0.717) is 10.9 Å². The average Bonchev–Trinajstić information content (AvgIpc) is 2.85. The van der Waals surface area contributed by atoms with Gasteiger partial charge in [0.25, 0.3) is 0 Å². The van der Waals surface area contributed by atoms with E-state index in [-0.39, 0.29) is 0 Å². The quantitative estimate of drug-likeness (QED) is 0.632. The summed E-state index contributed by atoms with van der Waals surface area (Å²) in [4.78, 5) is 4.06. The summed E-state index contributed by atoms with van der Waals surface area (Å²) >= 11 is 1.42. The molecule has 1 aromatic heterocycles. The lowest BCUT2D eigenvalue weighted by atomic mass is 10.1. The second-order valence-corrected chi connectivity index (χ2v) is 5.18. The van der Waals surface area contributed by atoms with Gasteiger partial charge in [0, 0.05) is 5.38 Å². The molecule has 3 N–H and O–H groups in total. The van der Waals surface area contributed by atoms with Crippen LogP contribution in [0.5, 0.6) is 5.75 Å². The van der Waals surface area contributed by atoms with Crippen LogP contribution in [0.15, 0.2) is 28.7 Å². The van der Waals surface area contributed by atoms with Gasteiger partial charge in [-0.3, -0.25) is 5.43 Å². The number of thiazole rings is 1. The van der Waals surface area contributed by atoms with Gasteiger partial charge < -0.3 is 10.5 Å². The third-order valence-electron chi connectivity index (χ3n) is 2.57. The number of nitrogens with zero attached hydrogens (tertiary/aromatic N) is 2. The number of rotatable bonds is 6. The van der Waals surface area contributed by atoms with E-state index >= 15 is 0 Å². The highest BCUT2D eigenvalue weighted by molar-refractivity contribution is 7.14. The molecule has 0 atom stereocenters. The fourth-order valence-corrected chi connectivity index (χ4v) is 2.11. The Balaban J connectivity index is 2.01. The first-order valence-electron chi connectivity index (χ1n) is 6.42. The van der Waals surface area contributed by atoms with E-state index in [1.165, 1.54) is 11.3 Å². The molecule has 0 bridgehead atoms. The predicted molar refractivity (Wildman–Crippen MR) is 84.7 cm³/mol. The van der Waals surface area contributed by atoms with Gasteiger partial charge in [0.2, 0.25) is 5.13 Å². The molecule has 2 aromatic rings. The molecule has 5 nitrogen and oxygen atoms in total. The second kappa shape index (κ2) is 6.91. The van der Waals surface area contributed by atoms with Crippen LogP contribution in [0, 0.1) is 6.92 Å². The van der Waals surface area contributed by atoms with Gasteiger partial charge in [0.15, 0.2) is 0 Å². The molecular formula is C14H18N4OS. The smallest absolute Gasteiger partial charge is 0.205 e. The van der Waals surface area contributed by atoms with E-state index in [1.54, 1.807) is 11.6 Å². The van der Waals surface area contributed by atoms with Crippen molar-refractivity contribution < 1.29 is 4.74 Å². The summed E-state index contributed by atoms with van der Waals surface area (Å²) in [6, 6.07) is 6.00. The van der Waals surface area contributed by atoms with Crippen molar-refractivity contribution in [1.82, 2.24) is 4.98 Å². The Hall–Kier alpha value is -2.08. The van der Waals surface area contributed by atoms with Gasteiger partial charge in [-0.05, 0) is 30.5 Å². The number of anilines is 2. The maximum atomic E-state index is 5.69. The third kappa shape index (κ3) is 3.96. The Bertz CT molecular complexity index is 595. The van der Waals surface area contributed by atoms with Crippen LogP contribution in [0.4, 0.5) is 10.9 Å². The molecule has 0 aliphatic carbocycles. The molecule has 0 aliphatic heterocycles. The fourth-order valence-electron chi connectivity index (χ4n) is 1.56. The van der Waals surface area contributed by atoms with Crippen molar-refractivity contribution in [3.63, 3.8) is 0 Å². The van der Waals surface area contributed by atoms with Crippen molar-refractivity contribution in [3.05, 3.63) is 34.7 Å². The number of hydrazone groups is 1. The largest absolute Gasteiger partial charge is 0.493 e. The van der Waals surface area contributed by atoms with Crippen molar-refractivity contribution in [2.24, 2.45) is 5.10 Å². The summed E-state index contributed by atoms with van der Waals surface area (Å²) in [7, 11) is 0. The second-order valence-electron chi connectivity index (χ2n) is 4.32. The zero-order valence-corrected chi connectivity index (χ0v) is 12.4. The van der Waals surface area contributed by atoms with Crippen LogP contribution in [-0.2, 0) is 0 Å². The van der Waals surface area contributed by atoms with Gasteiger partial charge in [-0.2, -0.15) is 5.10 Å². The lowest BCUT2D eigenvalue weighted by Crippen LogP contribution is -1.98. The summed E-state index contributed by atoms with van der Waals surface area (Å²) in [6.45, 7) is 4.84. The number of benzene rings is 1. The predicted octanol–water partition coefficient (Wildman–Crippen LogP) is 3.27. The van der Waals surface area contributed by atoms with Gasteiger partial charge in [-0.25, -0.2) is 4.98 Å². The Kier molecular flexibility index (Phi) is 4.95. The summed E-state index contributed by atoms with van der Waals surface area (Å²) in [5.74, 6) is 1.40. The van der Waals surface area contributed by atoms with Crippen LogP contribution in [0.3, 0.4) is 0 Å². The minimum absolute atomic E-state index is 0.498. The summed E-state index contributed by atoms with van der Waals surface area (Å²) < 4.78 is 5.69. The molecule has 2 rings (SSSR count). The molecule has 0 amide bonds. The molecule has 0 fully saturated rings. The number of nitrogens with one attached hydrogen (secondary N) is 1. The monoisotopic (exact) mass is 290 g/mol. The Morgan fingerprint density at radius 1 is 1.50 bits per heavy atom. The lowest BCUT2D eigenvalue weighted by Gasteiger charge is -2.08. The van der Waals surface area contributed by atoms with Crippen LogP contribution in [0.25, 0.3) is 0 Å². The minimum Gasteiger partial charge on any atom is -0.493 e. The van der Waals surface area contributed by atoms with E-state index in [9.17, 15) is 0 Å². The first kappa shape index (κ1) is 14.3. The molecule has 0 spiro atoms. The molecule has 1 heterocycles. The van der Waals surface area contributed by atoms with E-state index in [1.807, 2.05) is 25.1 Å². The van der Waals surface area contributed by atoms with Crippen LogP contribution in [0.1, 0.15) is 24.5 Å². The number of nitrogens with two attached hydrogens (primary N) is 1. The SMILES string of the molecule is CCCOc1cc(C=NNc2nc(N)cs2)ccc1C. The van der Waals surface area contributed by atoms with Gasteiger partial charge in [0.1, 0.15) is 11.6 Å². The number of aryl methyl sites for hydroxylation is 1. The number of hydrogen-bond acceptors (Lipinski definition) is 6. The number of aromatic nitrogens is 1. The first-order chi connectivity index (χ1) is 9.69. The maximum absolute atomic E-state index is 5.69. The normalized spacial score (nSPS) is 10.9. The van der Waals surface area contributed by atoms with Crippen molar-refractivity contribution >= 4 is 28.5 Å². The molecule has 20 heavy (non-hydrogen) atoms. The fraction of sp³-hybridized carbons (Fsp3) is 0.286. The van der Waals surface area contributed by atoms with Crippen LogP contribution in [-0.4, -0.2) is 17.8 Å². The minimum atomic E-state index is 0.498. The van der Waals surface area contributed by atoms with Gasteiger partial charge in [-0.15, -0.1) is 11.3 Å². The number of hydrogen-bond donors (Lipinski definition) is 2. The van der Waals surface area contributed by atoms with Crippen molar-refractivity contribution in [1.29, 1.82) is 0 Å². The molecule has 0 saturated carbocycles. The van der Waals surface area contributed by atoms with Crippen LogP contribution in [0.2, 0.25) is 0 Å². The highest BCUT2D eigenvalue weighted by Gasteiger charge is 2.00.